The van der Waals surface area contributed by atoms with Gasteiger partial charge in [0.05, 0.1) is 0 Å². The Morgan fingerprint density at radius 1 is 0.839 bits per heavy atom. The number of Topliss-reactive ketones (excluding diaryl/α,β-unsaturated/α-hetero) is 1. The van der Waals surface area contributed by atoms with Gasteiger partial charge in [-0.1, -0.05) is 56.9 Å². The number of nitrogens with one attached hydrogen (secondary N) is 1. The van der Waals surface area contributed by atoms with Crippen molar-refractivity contribution in [2.24, 2.45) is 0 Å². The van der Waals surface area contributed by atoms with E-state index in [0.29, 0.717) is 5.56 Å². The average Bonchev–Trinajstić information content (AvgIpc) is 2.70. The second kappa shape index (κ2) is 13.6. The summed E-state index contributed by atoms with van der Waals surface area (Å²) in [6, 6.07) is 7.40. The zero-order chi connectivity index (χ0) is 23.3. The predicted molar refractivity (Wildman–Crippen MR) is 118 cm³/mol. The van der Waals surface area contributed by atoms with Gasteiger partial charge in [-0.15, -0.1) is 0 Å². The van der Waals surface area contributed by atoms with Crippen LogP contribution in [0.1, 0.15) is 82.1 Å². The van der Waals surface area contributed by atoms with Gasteiger partial charge in [-0.2, -0.15) is 0 Å². The topological polar surface area (TPSA) is 98.8 Å². The van der Waals surface area contributed by atoms with E-state index in [4.69, 9.17) is 9.47 Å². The molecule has 0 fully saturated rings. The van der Waals surface area contributed by atoms with Gasteiger partial charge in [0.1, 0.15) is 18.8 Å². The van der Waals surface area contributed by atoms with Crippen molar-refractivity contribution < 1.29 is 28.7 Å². The molecule has 172 valence electrons. The monoisotopic (exact) mass is 433 g/mol. The summed E-state index contributed by atoms with van der Waals surface area (Å²) in [4.78, 5) is 47.4. The number of rotatable bonds is 14. The fourth-order valence-electron chi connectivity index (χ4n) is 3.31. The first kappa shape index (κ1) is 26.3. The summed E-state index contributed by atoms with van der Waals surface area (Å²) in [5.41, 5.74) is 0.314. The molecule has 0 aromatic heterocycles. The smallest absolute Gasteiger partial charge is 0.302 e. The van der Waals surface area contributed by atoms with Gasteiger partial charge in [-0.3, -0.25) is 19.2 Å². The van der Waals surface area contributed by atoms with Crippen LogP contribution in [0.25, 0.3) is 0 Å². The third kappa shape index (κ3) is 10.8. The number of hydrogen-bond donors (Lipinski definition) is 1. The lowest BCUT2D eigenvalue weighted by molar-refractivity contribution is -0.150. The van der Waals surface area contributed by atoms with E-state index in [1.807, 2.05) is 12.1 Å². The fourth-order valence-corrected chi connectivity index (χ4v) is 3.31. The molecule has 31 heavy (non-hydrogen) atoms. The average molecular weight is 434 g/mol. The molecule has 7 heteroatoms. The maximum atomic E-state index is 12.9. The Bertz CT molecular complexity index is 723. The van der Waals surface area contributed by atoms with Crippen LogP contribution in [-0.4, -0.2) is 42.4 Å². The Morgan fingerprint density at radius 3 is 1.87 bits per heavy atom. The zero-order valence-electron chi connectivity index (χ0n) is 19.1. The molecule has 0 saturated carbocycles. The Morgan fingerprint density at radius 2 is 1.39 bits per heavy atom. The summed E-state index contributed by atoms with van der Waals surface area (Å²) in [5.74, 6) is -1.80. The number of aryl methyl sites for hydroxylation is 1. The maximum Gasteiger partial charge on any atom is 0.302 e. The molecule has 0 unspecified atom stereocenters. The number of unbranched alkanes of at least 4 members (excludes halogenated alkanes) is 4. The number of esters is 2. The first-order valence-corrected chi connectivity index (χ1v) is 10.8. The van der Waals surface area contributed by atoms with E-state index in [1.165, 1.54) is 52.0 Å². The van der Waals surface area contributed by atoms with Crippen molar-refractivity contribution in [3.8, 4) is 0 Å². The third-order valence-electron chi connectivity index (χ3n) is 4.89. The highest BCUT2D eigenvalue weighted by Gasteiger charge is 2.37. The van der Waals surface area contributed by atoms with E-state index < -0.39 is 23.4 Å². The molecule has 0 atom stereocenters. The molecule has 1 aromatic rings. The minimum atomic E-state index is -1.34. The number of benzene rings is 1. The summed E-state index contributed by atoms with van der Waals surface area (Å²) >= 11 is 0. The third-order valence-corrected chi connectivity index (χ3v) is 4.89. The highest BCUT2D eigenvalue weighted by Crippen LogP contribution is 2.19. The van der Waals surface area contributed by atoms with Gasteiger partial charge in [-0.25, -0.2) is 0 Å². The predicted octanol–water partition coefficient (Wildman–Crippen LogP) is 3.77. The van der Waals surface area contributed by atoms with Crippen molar-refractivity contribution in [2.75, 3.05) is 13.2 Å². The van der Waals surface area contributed by atoms with Gasteiger partial charge >= 0.3 is 11.9 Å². The number of ether oxygens (including phenoxy) is 2. The summed E-state index contributed by atoms with van der Waals surface area (Å²) in [6.45, 7) is 5.37. The Hall–Kier alpha value is -2.70. The van der Waals surface area contributed by atoms with Crippen LogP contribution in [0, 0.1) is 0 Å². The summed E-state index contributed by atoms with van der Waals surface area (Å²) in [5, 5.41) is 2.65. The lowest BCUT2D eigenvalue weighted by Crippen LogP contribution is -2.56. The van der Waals surface area contributed by atoms with Crippen LogP contribution in [0.5, 0.6) is 0 Å². The highest BCUT2D eigenvalue weighted by molar-refractivity contribution is 5.97. The van der Waals surface area contributed by atoms with Crippen LogP contribution in [0.15, 0.2) is 24.3 Å². The van der Waals surface area contributed by atoms with Crippen molar-refractivity contribution in [3.05, 3.63) is 35.4 Å². The largest absolute Gasteiger partial charge is 0.463 e. The normalized spacial score (nSPS) is 11.0. The minimum absolute atomic E-state index is 0.177. The molecular formula is C24H35NO6. The van der Waals surface area contributed by atoms with E-state index in [-0.39, 0.29) is 25.4 Å². The lowest BCUT2D eigenvalue weighted by Gasteiger charge is -2.32. The number of amides is 1. The van der Waals surface area contributed by atoms with Gasteiger partial charge in [0, 0.05) is 32.8 Å². The molecule has 0 radical (unpaired) electrons. The molecule has 0 bridgehead atoms. The van der Waals surface area contributed by atoms with E-state index in [9.17, 15) is 19.2 Å². The minimum Gasteiger partial charge on any atom is -0.463 e. The van der Waals surface area contributed by atoms with Gasteiger partial charge in [0.25, 0.3) is 0 Å². The number of carbonyl (C=O) groups excluding carboxylic acids is 4. The molecule has 0 saturated heterocycles. The van der Waals surface area contributed by atoms with E-state index >= 15 is 0 Å². The summed E-state index contributed by atoms with van der Waals surface area (Å²) < 4.78 is 10.1. The van der Waals surface area contributed by atoms with Crippen molar-refractivity contribution in [2.45, 2.75) is 78.2 Å². The highest BCUT2D eigenvalue weighted by atomic mass is 16.5. The van der Waals surface area contributed by atoms with E-state index in [1.54, 1.807) is 12.1 Å². The van der Waals surface area contributed by atoms with Crippen molar-refractivity contribution in [3.63, 3.8) is 0 Å². The van der Waals surface area contributed by atoms with Crippen molar-refractivity contribution in [1.29, 1.82) is 0 Å². The van der Waals surface area contributed by atoms with Crippen LogP contribution < -0.4 is 5.32 Å². The molecule has 0 spiro atoms. The molecule has 7 nitrogen and oxygen atoms in total. The maximum absolute atomic E-state index is 12.9. The van der Waals surface area contributed by atoms with Crippen LogP contribution in [-0.2, 0) is 30.3 Å². The molecule has 1 amide bonds. The Kier molecular flexibility index (Phi) is 11.5. The van der Waals surface area contributed by atoms with Gasteiger partial charge in [0.2, 0.25) is 5.91 Å². The lowest BCUT2D eigenvalue weighted by atomic mass is 9.90. The molecule has 1 aromatic carbocycles. The summed E-state index contributed by atoms with van der Waals surface area (Å²) in [7, 11) is 0. The second-order valence-electron chi connectivity index (χ2n) is 7.98. The molecule has 0 aliphatic heterocycles. The zero-order valence-corrected chi connectivity index (χ0v) is 19.1. The second-order valence-corrected chi connectivity index (χ2v) is 7.98. The number of ketones is 1. The standard InChI is InChI=1S/C24H35NO6/c1-5-6-7-8-9-10-21-11-13-22(14-12-21)23(29)15-24(25-18(2)26,16-30-19(3)27)17-31-20(4)28/h11-14H,5-10,15-17H2,1-4H3,(H,25,26). The Balaban J connectivity index is 2.88. The van der Waals surface area contributed by atoms with Crippen LogP contribution in [0.3, 0.4) is 0 Å². The van der Waals surface area contributed by atoms with Gasteiger partial charge in [0.15, 0.2) is 5.78 Å². The molecule has 1 rings (SSSR count). The molecule has 1 N–H and O–H groups in total. The van der Waals surface area contributed by atoms with Gasteiger partial charge in [-0.05, 0) is 18.4 Å². The fraction of sp³-hybridized carbons (Fsp3) is 0.583. The van der Waals surface area contributed by atoms with Crippen molar-refractivity contribution in [1.82, 2.24) is 5.32 Å². The molecule has 0 aliphatic carbocycles. The first-order valence-electron chi connectivity index (χ1n) is 10.8. The summed E-state index contributed by atoms with van der Waals surface area (Å²) in [6.07, 6.45) is 6.80. The van der Waals surface area contributed by atoms with Crippen LogP contribution in [0.2, 0.25) is 0 Å². The molecular weight excluding hydrogens is 398 g/mol. The van der Waals surface area contributed by atoms with Crippen molar-refractivity contribution >= 4 is 23.6 Å². The van der Waals surface area contributed by atoms with Crippen LogP contribution in [0.4, 0.5) is 0 Å². The SMILES string of the molecule is CCCCCCCc1ccc(C(=O)CC(COC(C)=O)(COC(C)=O)NC(C)=O)cc1. The molecule has 0 aliphatic rings. The molecule has 0 heterocycles. The van der Waals surface area contributed by atoms with E-state index in [2.05, 4.69) is 12.2 Å². The Labute approximate surface area is 184 Å². The van der Waals surface area contributed by atoms with Crippen LogP contribution >= 0.6 is 0 Å². The van der Waals surface area contributed by atoms with E-state index in [0.717, 1.165) is 12.8 Å². The quantitative estimate of drug-likeness (QED) is 0.272. The number of carbonyl (C=O) groups is 4. The first-order chi connectivity index (χ1) is 14.7. The number of hydrogen-bond acceptors (Lipinski definition) is 6. The van der Waals surface area contributed by atoms with Gasteiger partial charge < -0.3 is 14.8 Å².